The van der Waals surface area contributed by atoms with E-state index in [1.807, 2.05) is 24.3 Å². The molecular weight excluding hydrogens is 236 g/mol. The minimum Gasteiger partial charge on any atom is -0.490 e. The van der Waals surface area contributed by atoms with Crippen LogP contribution in [0.15, 0.2) is 24.3 Å². The maximum absolute atomic E-state index is 10.9. The van der Waals surface area contributed by atoms with Gasteiger partial charge in [0.15, 0.2) is 0 Å². The van der Waals surface area contributed by atoms with Gasteiger partial charge in [0.1, 0.15) is 5.75 Å². The lowest BCUT2D eigenvalue weighted by molar-refractivity contribution is -0.0363. The first-order valence-electron chi connectivity index (χ1n) is 7.55. The predicted octanol–water partition coefficient (Wildman–Crippen LogP) is 3.87. The Labute approximate surface area is 115 Å². The van der Waals surface area contributed by atoms with E-state index in [2.05, 4.69) is 13.8 Å². The van der Waals surface area contributed by atoms with Crippen molar-refractivity contribution in [1.82, 2.24) is 0 Å². The Balaban J connectivity index is 1.75. The van der Waals surface area contributed by atoms with Crippen molar-refractivity contribution in [3.8, 4) is 5.75 Å². The molecule has 2 aliphatic carbocycles. The summed E-state index contributed by atoms with van der Waals surface area (Å²) in [4.78, 5) is 0. The fourth-order valence-corrected chi connectivity index (χ4v) is 3.55. The highest BCUT2D eigenvalue weighted by atomic mass is 16.5. The van der Waals surface area contributed by atoms with Gasteiger partial charge in [-0.15, -0.1) is 0 Å². The molecule has 1 aromatic carbocycles. The van der Waals surface area contributed by atoms with Gasteiger partial charge in [0.05, 0.1) is 11.7 Å². The molecule has 0 aliphatic heterocycles. The minimum absolute atomic E-state index is 0.434. The molecule has 19 heavy (non-hydrogen) atoms. The maximum Gasteiger partial charge on any atom is 0.119 e. The smallest absolute Gasteiger partial charge is 0.119 e. The summed E-state index contributed by atoms with van der Waals surface area (Å²) in [5.41, 5.74) is 0.406. The Hall–Kier alpha value is -1.02. The Morgan fingerprint density at radius 3 is 2.16 bits per heavy atom. The second kappa shape index (κ2) is 4.82. The molecule has 3 rings (SSSR count). The van der Waals surface area contributed by atoms with E-state index in [0.717, 1.165) is 24.2 Å². The number of rotatable bonds is 3. The van der Waals surface area contributed by atoms with Gasteiger partial charge >= 0.3 is 0 Å². The average molecular weight is 260 g/mol. The number of benzene rings is 1. The van der Waals surface area contributed by atoms with E-state index in [1.54, 1.807) is 0 Å². The van der Waals surface area contributed by atoms with Crippen LogP contribution in [0, 0.1) is 11.8 Å². The third-order valence-corrected chi connectivity index (χ3v) is 4.40. The highest BCUT2D eigenvalue weighted by Gasteiger charge is 2.37. The monoisotopic (exact) mass is 260 g/mol. The van der Waals surface area contributed by atoms with Crippen LogP contribution < -0.4 is 4.74 Å². The normalized spacial score (nSPS) is 35.1. The molecule has 0 saturated heterocycles. The van der Waals surface area contributed by atoms with Crippen molar-refractivity contribution < 1.29 is 9.84 Å². The summed E-state index contributed by atoms with van der Waals surface area (Å²) in [5.74, 6) is 2.12. The molecule has 2 aliphatic rings. The van der Waals surface area contributed by atoms with Crippen molar-refractivity contribution in [3.63, 3.8) is 0 Å². The van der Waals surface area contributed by atoms with Crippen molar-refractivity contribution in [3.05, 3.63) is 29.8 Å². The molecular formula is C17H24O2. The molecule has 1 N–H and O–H groups in total. The predicted molar refractivity (Wildman–Crippen MR) is 76.2 cm³/mol. The molecule has 2 heteroatoms. The number of hydrogen-bond donors (Lipinski definition) is 1. The van der Waals surface area contributed by atoms with E-state index in [1.165, 1.54) is 19.3 Å². The standard InChI is InChI=1S/C17H24O2/c1-12-9-13(2)11-17(18,10-12)14-3-5-15(6-4-14)19-16-7-8-16/h3-6,12-13,16,18H,7-11H2,1-2H3. The summed E-state index contributed by atoms with van der Waals surface area (Å²) in [6.45, 7) is 4.48. The van der Waals surface area contributed by atoms with E-state index in [4.69, 9.17) is 4.74 Å². The fourth-order valence-electron chi connectivity index (χ4n) is 3.55. The first-order valence-corrected chi connectivity index (χ1v) is 7.55. The molecule has 2 fully saturated rings. The van der Waals surface area contributed by atoms with Crippen LogP contribution in [0.25, 0.3) is 0 Å². The molecule has 0 spiro atoms. The van der Waals surface area contributed by atoms with Gasteiger partial charge in [-0.2, -0.15) is 0 Å². The summed E-state index contributed by atoms with van der Waals surface area (Å²) in [5, 5.41) is 10.9. The third-order valence-electron chi connectivity index (χ3n) is 4.40. The molecule has 0 aromatic heterocycles. The van der Waals surface area contributed by atoms with Crippen molar-refractivity contribution in [2.24, 2.45) is 11.8 Å². The maximum atomic E-state index is 10.9. The average Bonchev–Trinajstić information content (AvgIpc) is 3.12. The van der Waals surface area contributed by atoms with Gasteiger partial charge in [-0.05, 0) is 61.6 Å². The molecule has 0 heterocycles. The fraction of sp³-hybridized carbons (Fsp3) is 0.647. The van der Waals surface area contributed by atoms with Gasteiger partial charge in [0.25, 0.3) is 0 Å². The summed E-state index contributed by atoms with van der Waals surface area (Å²) in [6.07, 6.45) is 5.77. The number of hydrogen-bond acceptors (Lipinski definition) is 2. The molecule has 2 saturated carbocycles. The Morgan fingerprint density at radius 2 is 1.63 bits per heavy atom. The highest BCUT2D eigenvalue weighted by Crippen LogP contribution is 2.42. The molecule has 2 nitrogen and oxygen atoms in total. The van der Waals surface area contributed by atoms with Gasteiger partial charge < -0.3 is 9.84 Å². The van der Waals surface area contributed by atoms with E-state index < -0.39 is 5.60 Å². The SMILES string of the molecule is CC1CC(C)CC(O)(c2ccc(OC3CC3)cc2)C1. The van der Waals surface area contributed by atoms with E-state index in [0.29, 0.717) is 17.9 Å². The summed E-state index contributed by atoms with van der Waals surface area (Å²) < 4.78 is 5.76. The first kappa shape index (κ1) is 13.0. The number of aliphatic hydroxyl groups is 1. The first-order chi connectivity index (χ1) is 9.05. The van der Waals surface area contributed by atoms with Crippen LogP contribution in [-0.4, -0.2) is 11.2 Å². The van der Waals surface area contributed by atoms with Gasteiger partial charge in [-0.3, -0.25) is 0 Å². The van der Waals surface area contributed by atoms with Crippen LogP contribution in [0.2, 0.25) is 0 Å². The van der Waals surface area contributed by atoms with E-state index in [-0.39, 0.29) is 0 Å². The minimum atomic E-state index is -0.644. The van der Waals surface area contributed by atoms with Gasteiger partial charge in [-0.1, -0.05) is 26.0 Å². The molecule has 0 radical (unpaired) electrons. The zero-order valence-corrected chi connectivity index (χ0v) is 11.9. The lowest BCUT2D eigenvalue weighted by Crippen LogP contribution is -2.35. The van der Waals surface area contributed by atoms with Crippen LogP contribution in [0.4, 0.5) is 0 Å². The lowest BCUT2D eigenvalue weighted by Gasteiger charge is -2.39. The molecule has 104 valence electrons. The topological polar surface area (TPSA) is 29.5 Å². The quantitative estimate of drug-likeness (QED) is 0.894. The van der Waals surface area contributed by atoms with Crippen LogP contribution >= 0.6 is 0 Å². The van der Waals surface area contributed by atoms with Crippen molar-refractivity contribution in [2.75, 3.05) is 0 Å². The Morgan fingerprint density at radius 1 is 1.05 bits per heavy atom. The molecule has 0 bridgehead atoms. The van der Waals surface area contributed by atoms with Crippen LogP contribution in [0.5, 0.6) is 5.75 Å². The van der Waals surface area contributed by atoms with E-state index >= 15 is 0 Å². The van der Waals surface area contributed by atoms with E-state index in [9.17, 15) is 5.11 Å². The zero-order chi connectivity index (χ0) is 13.5. The Kier molecular flexibility index (Phi) is 3.30. The summed E-state index contributed by atoms with van der Waals surface area (Å²) >= 11 is 0. The zero-order valence-electron chi connectivity index (χ0n) is 11.9. The molecule has 1 aromatic rings. The molecule has 2 atom stereocenters. The van der Waals surface area contributed by atoms with Gasteiger partial charge in [0.2, 0.25) is 0 Å². The van der Waals surface area contributed by atoms with Crippen LogP contribution in [0.3, 0.4) is 0 Å². The third kappa shape index (κ3) is 2.94. The molecule has 2 unspecified atom stereocenters. The largest absolute Gasteiger partial charge is 0.490 e. The second-order valence-electron chi connectivity index (χ2n) is 6.73. The van der Waals surface area contributed by atoms with Crippen molar-refractivity contribution in [1.29, 1.82) is 0 Å². The van der Waals surface area contributed by atoms with Gasteiger partial charge in [0, 0.05) is 0 Å². The summed E-state index contributed by atoms with van der Waals surface area (Å²) in [6, 6.07) is 8.11. The summed E-state index contributed by atoms with van der Waals surface area (Å²) in [7, 11) is 0. The number of ether oxygens (including phenoxy) is 1. The van der Waals surface area contributed by atoms with Gasteiger partial charge in [-0.25, -0.2) is 0 Å². The second-order valence-corrected chi connectivity index (χ2v) is 6.73. The lowest BCUT2D eigenvalue weighted by atomic mass is 9.71. The molecule has 0 amide bonds. The van der Waals surface area contributed by atoms with Crippen LogP contribution in [-0.2, 0) is 5.60 Å². The van der Waals surface area contributed by atoms with Crippen LogP contribution in [0.1, 0.15) is 51.5 Å². The van der Waals surface area contributed by atoms with Crippen molar-refractivity contribution >= 4 is 0 Å². The van der Waals surface area contributed by atoms with Crippen molar-refractivity contribution in [2.45, 2.75) is 57.7 Å². The Bertz CT molecular complexity index is 423. The highest BCUT2D eigenvalue weighted by molar-refractivity contribution is 5.31.